The third kappa shape index (κ3) is 7.69. The highest BCUT2D eigenvalue weighted by atomic mass is 19.3. The van der Waals surface area contributed by atoms with Gasteiger partial charge in [-0.15, -0.1) is 0 Å². The van der Waals surface area contributed by atoms with Gasteiger partial charge in [0.05, 0.1) is 25.0 Å². The highest BCUT2D eigenvalue weighted by molar-refractivity contribution is 6.02. The number of fused-ring (bicyclic) bond motifs is 1. The molecule has 1 fully saturated rings. The number of likely N-dealkylation sites (tertiary alicyclic amines) is 1. The number of piperidine rings is 1. The first-order valence-electron chi connectivity index (χ1n) is 15.4. The molecule has 250 valence electrons. The standard InChI is InChI=1S/C33H39F2N7O5/c1-6-46-26-18-21(28(43)37-22-14-16-41(17-15-22)31(45)47-32(2,3)4)12-13-24(26)38-30-36-19-25-27(39-30)42(23-10-8-7-9-11-23)20-33(34,35)29(44)40(25)5/h7-13,18-19,22H,6,14-17,20H2,1-5H3,(H,37,43)(H,36,38,39). The maximum absolute atomic E-state index is 15.0. The number of aromatic nitrogens is 2. The van der Waals surface area contributed by atoms with Crippen molar-refractivity contribution in [1.29, 1.82) is 0 Å². The fourth-order valence-electron chi connectivity index (χ4n) is 5.34. The molecule has 47 heavy (non-hydrogen) atoms. The van der Waals surface area contributed by atoms with Crippen molar-refractivity contribution in [2.24, 2.45) is 0 Å². The van der Waals surface area contributed by atoms with Crippen LogP contribution >= 0.6 is 0 Å². The molecule has 0 aliphatic carbocycles. The average molecular weight is 652 g/mol. The Labute approximate surface area is 272 Å². The van der Waals surface area contributed by atoms with E-state index < -0.39 is 24.0 Å². The van der Waals surface area contributed by atoms with Crippen LogP contribution in [0.5, 0.6) is 5.75 Å². The molecule has 3 amide bonds. The normalized spacial score (nSPS) is 16.7. The van der Waals surface area contributed by atoms with E-state index in [2.05, 4.69) is 20.6 Å². The van der Waals surface area contributed by atoms with Crippen LogP contribution in [0.4, 0.5) is 42.4 Å². The van der Waals surface area contributed by atoms with Crippen LogP contribution in [-0.2, 0) is 9.53 Å². The third-order valence-corrected chi connectivity index (χ3v) is 7.68. The molecule has 3 aromatic rings. The van der Waals surface area contributed by atoms with Gasteiger partial charge in [0.1, 0.15) is 17.0 Å². The highest BCUT2D eigenvalue weighted by Crippen LogP contribution is 2.40. The van der Waals surface area contributed by atoms with Crippen molar-refractivity contribution in [1.82, 2.24) is 20.2 Å². The van der Waals surface area contributed by atoms with Crippen molar-refractivity contribution < 1.29 is 32.6 Å². The van der Waals surface area contributed by atoms with Gasteiger partial charge >= 0.3 is 12.0 Å². The number of anilines is 5. The van der Waals surface area contributed by atoms with Crippen LogP contribution in [0.1, 0.15) is 50.9 Å². The topological polar surface area (TPSA) is 129 Å². The number of nitrogens with zero attached hydrogens (tertiary/aromatic N) is 5. The van der Waals surface area contributed by atoms with E-state index in [1.54, 1.807) is 60.4 Å². The summed E-state index contributed by atoms with van der Waals surface area (Å²) in [5, 5.41) is 6.12. The summed E-state index contributed by atoms with van der Waals surface area (Å²) in [4.78, 5) is 50.9. The summed E-state index contributed by atoms with van der Waals surface area (Å²) in [7, 11) is 1.27. The van der Waals surface area contributed by atoms with E-state index in [1.165, 1.54) is 18.1 Å². The molecule has 1 saturated heterocycles. The van der Waals surface area contributed by atoms with Gasteiger partial charge in [-0.3, -0.25) is 9.59 Å². The zero-order valence-electron chi connectivity index (χ0n) is 27.0. The Bertz CT molecular complexity index is 1630. The minimum absolute atomic E-state index is 0.0747. The van der Waals surface area contributed by atoms with E-state index in [4.69, 9.17) is 9.47 Å². The predicted octanol–water partition coefficient (Wildman–Crippen LogP) is 5.50. The fourth-order valence-corrected chi connectivity index (χ4v) is 5.34. The van der Waals surface area contributed by atoms with Crippen molar-refractivity contribution in [3.8, 4) is 5.75 Å². The number of para-hydroxylation sites is 1. The molecule has 5 rings (SSSR count). The molecule has 0 spiro atoms. The van der Waals surface area contributed by atoms with Gasteiger partial charge in [-0.2, -0.15) is 13.8 Å². The molecule has 2 aliphatic rings. The minimum Gasteiger partial charge on any atom is -0.492 e. The molecule has 3 heterocycles. The average Bonchev–Trinajstić information content (AvgIpc) is 3.10. The van der Waals surface area contributed by atoms with Crippen molar-refractivity contribution in [2.45, 2.75) is 58.1 Å². The lowest BCUT2D eigenvalue weighted by Crippen LogP contribution is -2.47. The molecule has 12 nitrogen and oxygen atoms in total. The van der Waals surface area contributed by atoms with Crippen LogP contribution in [0.3, 0.4) is 0 Å². The quantitative estimate of drug-likeness (QED) is 0.340. The summed E-state index contributed by atoms with van der Waals surface area (Å²) >= 11 is 0. The number of ether oxygens (including phenoxy) is 2. The Hall–Kier alpha value is -5.01. The lowest BCUT2D eigenvalue weighted by molar-refractivity contribution is -0.140. The van der Waals surface area contributed by atoms with Crippen LogP contribution in [0.15, 0.2) is 54.7 Å². The molecule has 2 aromatic carbocycles. The maximum Gasteiger partial charge on any atom is 0.410 e. The number of carbonyl (C=O) groups excluding carboxylic acids is 3. The first kappa shape index (κ1) is 33.4. The number of amides is 3. The van der Waals surface area contributed by atoms with Crippen molar-refractivity contribution >= 4 is 46.7 Å². The lowest BCUT2D eigenvalue weighted by atomic mass is 10.0. The van der Waals surface area contributed by atoms with Gasteiger partial charge in [0.2, 0.25) is 5.95 Å². The molecule has 0 bridgehead atoms. The number of rotatable bonds is 7. The van der Waals surface area contributed by atoms with Crippen molar-refractivity contribution in [3.63, 3.8) is 0 Å². The number of benzene rings is 2. The third-order valence-electron chi connectivity index (χ3n) is 7.68. The molecule has 2 aliphatic heterocycles. The number of nitrogens with one attached hydrogen (secondary N) is 2. The van der Waals surface area contributed by atoms with Gasteiger partial charge in [-0.05, 0) is 70.9 Å². The van der Waals surface area contributed by atoms with E-state index in [9.17, 15) is 23.2 Å². The Balaban J connectivity index is 1.33. The summed E-state index contributed by atoms with van der Waals surface area (Å²) in [5.74, 6) is -4.77. The second-order valence-electron chi connectivity index (χ2n) is 12.4. The summed E-state index contributed by atoms with van der Waals surface area (Å²) in [6.07, 6.45) is 2.13. The molecule has 0 radical (unpaired) electrons. The van der Waals surface area contributed by atoms with Gasteiger partial charge in [0.25, 0.3) is 11.8 Å². The van der Waals surface area contributed by atoms with E-state index in [1.807, 2.05) is 20.8 Å². The Morgan fingerprint density at radius 3 is 2.45 bits per heavy atom. The van der Waals surface area contributed by atoms with Crippen LogP contribution < -0.4 is 25.2 Å². The molecule has 1 aromatic heterocycles. The lowest BCUT2D eigenvalue weighted by Gasteiger charge is -2.33. The molecule has 2 N–H and O–H groups in total. The monoisotopic (exact) mass is 651 g/mol. The van der Waals surface area contributed by atoms with Gasteiger partial charge < -0.3 is 34.8 Å². The Kier molecular flexibility index (Phi) is 9.50. The summed E-state index contributed by atoms with van der Waals surface area (Å²) in [6.45, 7) is 7.60. The van der Waals surface area contributed by atoms with Gasteiger partial charge in [-0.25, -0.2) is 9.78 Å². The highest BCUT2D eigenvalue weighted by Gasteiger charge is 2.47. The second-order valence-corrected chi connectivity index (χ2v) is 12.4. The zero-order valence-corrected chi connectivity index (χ0v) is 27.0. The molecule has 14 heteroatoms. The summed E-state index contributed by atoms with van der Waals surface area (Å²) < 4.78 is 41.2. The predicted molar refractivity (Wildman–Crippen MR) is 173 cm³/mol. The van der Waals surface area contributed by atoms with Crippen LogP contribution in [0.2, 0.25) is 0 Å². The minimum atomic E-state index is -3.67. The SMILES string of the molecule is CCOc1cc(C(=O)NC2CCN(C(=O)OC(C)(C)C)CC2)ccc1Nc1ncc2c(n1)N(c1ccccc1)CC(F)(F)C(=O)N2C. The van der Waals surface area contributed by atoms with Crippen LogP contribution in [0, 0.1) is 0 Å². The van der Waals surface area contributed by atoms with E-state index in [-0.39, 0.29) is 35.5 Å². The largest absolute Gasteiger partial charge is 0.492 e. The van der Waals surface area contributed by atoms with Gasteiger partial charge in [0.15, 0.2) is 5.82 Å². The zero-order chi connectivity index (χ0) is 33.9. The van der Waals surface area contributed by atoms with E-state index >= 15 is 0 Å². The first-order valence-corrected chi connectivity index (χ1v) is 15.4. The number of hydrogen-bond acceptors (Lipinski definition) is 9. The second kappa shape index (κ2) is 13.4. The van der Waals surface area contributed by atoms with Crippen LogP contribution in [0.25, 0.3) is 0 Å². The maximum atomic E-state index is 15.0. The summed E-state index contributed by atoms with van der Waals surface area (Å²) in [5.41, 5.74) is 0.792. The smallest absolute Gasteiger partial charge is 0.410 e. The van der Waals surface area contributed by atoms with Crippen LogP contribution in [-0.4, -0.2) is 83.6 Å². The number of hydrogen-bond donors (Lipinski definition) is 2. The van der Waals surface area contributed by atoms with E-state index in [0.717, 1.165) is 4.90 Å². The number of alkyl halides is 2. The van der Waals surface area contributed by atoms with E-state index in [0.29, 0.717) is 55.2 Å². The van der Waals surface area contributed by atoms with Gasteiger partial charge in [-0.1, -0.05) is 18.2 Å². The molecule has 0 unspecified atom stereocenters. The number of halogens is 2. The van der Waals surface area contributed by atoms with Gasteiger partial charge in [0, 0.05) is 37.4 Å². The van der Waals surface area contributed by atoms with Crippen molar-refractivity contribution in [2.75, 3.05) is 48.4 Å². The fraction of sp³-hybridized carbons (Fsp3) is 0.424. The first-order chi connectivity index (χ1) is 22.3. The molecule has 0 saturated carbocycles. The molecule has 0 atom stereocenters. The Morgan fingerprint density at radius 1 is 1.09 bits per heavy atom. The Morgan fingerprint density at radius 2 is 1.79 bits per heavy atom. The summed E-state index contributed by atoms with van der Waals surface area (Å²) in [6, 6.07) is 13.3. The molecular formula is C33H39F2N7O5. The molecular weight excluding hydrogens is 612 g/mol. The van der Waals surface area contributed by atoms with Crippen molar-refractivity contribution in [3.05, 3.63) is 60.3 Å². The number of carbonyl (C=O) groups is 3.